The van der Waals surface area contributed by atoms with E-state index in [9.17, 15) is 0 Å². The van der Waals surface area contributed by atoms with Gasteiger partial charge in [-0.15, -0.1) is 12.4 Å². The van der Waals surface area contributed by atoms with Crippen molar-refractivity contribution in [2.24, 2.45) is 11.8 Å². The number of hydrogen-bond acceptors (Lipinski definition) is 5. The Balaban J connectivity index is 0.00000133. The molecule has 6 heteroatoms. The molecule has 2 atom stereocenters. The van der Waals surface area contributed by atoms with Crippen LogP contribution in [0.3, 0.4) is 0 Å². The van der Waals surface area contributed by atoms with Crippen molar-refractivity contribution >= 4 is 12.4 Å². The van der Waals surface area contributed by atoms with Crippen molar-refractivity contribution in [3.05, 3.63) is 11.7 Å². The average molecular weight is 287 g/mol. The summed E-state index contributed by atoms with van der Waals surface area (Å²) in [6.07, 6.45) is 3.28. The molecule has 2 aliphatic rings. The molecule has 0 aromatic carbocycles. The fourth-order valence-electron chi connectivity index (χ4n) is 3.12. The van der Waals surface area contributed by atoms with E-state index >= 15 is 0 Å². The van der Waals surface area contributed by atoms with E-state index in [0.29, 0.717) is 0 Å². The van der Waals surface area contributed by atoms with Gasteiger partial charge >= 0.3 is 0 Å². The van der Waals surface area contributed by atoms with Crippen molar-refractivity contribution < 1.29 is 4.52 Å². The molecule has 0 saturated carbocycles. The van der Waals surface area contributed by atoms with Gasteiger partial charge in [-0.05, 0) is 44.3 Å². The summed E-state index contributed by atoms with van der Waals surface area (Å²) in [5, 5.41) is 7.50. The van der Waals surface area contributed by atoms with Crippen molar-refractivity contribution in [2.75, 3.05) is 26.2 Å². The first-order chi connectivity index (χ1) is 8.85. The van der Waals surface area contributed by atoms with Crippen LogP contribution in [0.25, 0.3) is 0 Å². The van der Waals surface area contributed by atoms with Crippen LogP contribution in [0.15, 0.2) is 4.52 Å². The molecular weight excluding hydrogens is 264 g/mol. The number of fused-ring (bicyclic) bond motifs is 1. The van der Waals surface area contributed by atoms with E-state index in [-0.39, 0.29) is 12.4 Å². The number of aryl methyl sites for hydroxylation is 1. The van der Waals surface area contributed by atoms with Gasteiger partial charge in [0.2, 0.25) is 5.89 Å². The maximum atomic E-state index is 5.31. The van der Waals surface area contributed by atoms with E-state index < -0.39 is 0 Å². The lowest BCUT2D eigenvalue weighted by molar-refractivity contribution is 0.128. The molecule has 2 unspecified atom stereocenters. The van der Waals surface area contributed by atoms with Gasteiger partial charge in [-0.3, -0.25) is 4.90 Å². The summed E-state index contributed by atoms with van der Waals surface area (Å²) < 4.78 is 5.31. The monoisotopic (exact) mass is 286 g/mol. The minimum absolute atomic E-state index is 0. The van der Waals surface area contributed by atoms with Crippen LogP contribution in [0, 0.1) is 11.8 Å². The number of likely N-dealkylation sites (tertiary alicyclic amines) is 1. The number of aromatic nitrogens is 2. The van der Waals surface area contributed by atoms with Crippen LogP contribution in [-0.2, 0) is 13.0 Å². The first-order valence-electron chi connectivity index (χ1n) is 7.09. The molecule has 0 radical (unpaired) electrons. The Bertz CT molecular complexity index is 398. The van der Waals surface area contributed by atoms with Gasteiger partial charge < -0.3 is 9.84 Å². The standard InChI is InChI=1S/C13H22N4O.ClH/c1-2-3-12-15-13(18-16-12)9-17-5-4-10-6-14-7-11(10)8-17;/h10-11,14H,2-9H2,1H3;1H. The van der Waals surface area contributed by atoms with Crippen molar-refractivity contribution in [2.45, 2.75) is 32.7 Å². The van der Waals surface area contributed by atoms with Crippen molar-refractivity contribution in [3.8, 4) is 0 Å². The Morgan fingerprint density at radius 2 is 2.21 bits per heavy atom. The highest BCUT2D eigenvalue weighted by Gasteiger charge is 2.33. The van der Waals surface area contributed by atoms with E-state index in [1.165, 1.54) is 26.1 Å². The van der Waals surface area contributed by atoms with Crippen molar-refractivity contribution in [3.63, 3.8) is 0 Å². The molecule has 5 nitrogen and oxygen atoms in total. The van der Waals surface area contributed by atoms with Crippen molar-refractivity contribution in [1.29, 1.82) is 0 Å². The zero-order valence-corrected chi connectivity index (χ0v) is 12.3. The largest absolute Gasteiger partial charge is 0.338 e. The maximum Gasteiger partial charge on any atom is 0.240 e. The Hall–Kier alpha value is -0.650. The van der Waals surface area contributed by atoms with E-state index in [2.05, 4.69) is 27.3 Å². The summed E-state index contributed by atoms with van der Waals surface area (Å²) in [5.41, 5.74) is 0. The molecule has 0 spiro atoms. The van der Waals surface area contributed by atoms with E-state index in [1.54, 1.807) is 0 Å². The van der Waals surface area contributed by atoms with Gasteiger partial charge in [0.25, 0.3) is 0 Å². The zero-order valence-electron chi connectivity index (χ0n) is 11.5. The molecule has 19 heavy (non-hydrogen) atoms. The predicted molar refractivity (Wildman–Crippen MR) is 75.3 cm³/mol. The minimum atomic E-state index is 0. The maximum absolute atomic E-state index is 5.31. The van der Waals surface area contributed by atoms with Crippen LogP contribution in [-0.4, -0.2) is 41.2 Å². The molecule has 3 rings (SSSR count). The second kappa shape index (κ2) is 6.68. The van der Waals surface area contributed by atoms with Gasteiger partial charge in [0.1, 0.15) is 0 Å². The molecule has 1 aromatic heterocycles. The second-order valence-corrected chi connectivity index (χ2v) is 5.56. The van der Waals surface area contributed by atoms with Crippen LogP contribution < -0.4 is 5.32 Å². The summed E-state index contributed by atoms with van der Waals surface area (Å²) in [5.74, 6) is 3.34. The lowest BCUT2D eigenvalue weighted by atomic mass is 9.89. The summed E-state index contributed by atoms with van der Waals surface area (Å²) in [6, 6.07) is 0. The van der Waals surface area contributed by atoms with Gasteiger partial charge in [-0.25, -0.2) is 0 Å². The third-order valence-electron chi connectivity index (χ3n) is 4.13. The van der Waals surface area contributed by atoms with Crippen LogP contribution >= 0.6 is 12.4 Å². The highest BCUT2D eigenvalue weighted by Crippen LogP contribution is 2.27. The molecule has 2 saturated heterocycles. The average Bonchev–Trinajstić information content (AvgIpc) is 2.98. The first-order valence-corrected chi connectivity index (χ1v) is 7.09. The first kappa shape index (κ1) is 14.8. The third-order valence-corrected chi connectivity index (χ3v) is 4.13. The van der Waals surface area contributed by atoms with Gasteiger partial charge in [0.15, 0.2) is 5.82 Å². The molecule has 1 aromatic rings. The highest BCUT2D eigenvalue weighted by molar-refractivity contribution is 5.85. The number of rotatable bonds is 4. The summed E-state index contributed by atoms with van der Waals surface area (Å²) >= 11 is 0. The van der Waals surface area contributed by atoms with Crippen molar-refractivity contribution in [1.82, 2.24) is 20.4 Å². The Labute approximate surface area is 120 Å². The number of piperidine rings is 1. The van der Waals surface area contributed by atoms with Crippen LogP contribution in [0.2, 0.25) is 0 Å². The molecular formula is C13H23ClN4O. The van der Waals surface area contributed by atoms with Gasteiger partial charge in [-0.2, -0.15) is 4.98 Å². The molecule has 0 aliphatic carbocycles. The van der Waals surface area contributed by atoms with Gasteiger partial charge in [0, 0.05) is 13.0 Å². The van der Waals surface area contributed by atoms with E-state index in [0.717, 1.165) is 49.5 Å². The zero-order chi connectivity index (χ0) is 12.4. The number of hydrogen-bond donors (Lipinski definition) is 1. The lowest BCUT2D eigenvalue weighted by Crippen LogP contribution is -2.39. The summed E-state index contributed by atoms with van der Waals surface area (Å²) in [7, 11) is 0. The third kappa shape index (κ3) is 3.46. The Morgan fingerprint density at radius 1 is 1.37 bits per heavy atom. The fourth-order valence-corrected chi connectivity index (χ4v) is 3.12. The number of nitrogens with zero attached hydrogens (tertiary/aromatic N) is 3. The molecule has 3 heterocycles. The van der Waals surface area contributed by atoms with E-state index in [4.69, 9.17) is 4.52 Å². The minimum Gasteiger partial charge on any atom is -0.338 e. The summed E-state index contributed by atoms with van der Waals surface area (Å²) in [4.78, 5) is 6.90. The van der Waals surface area contributed by atoms with Crippen LogP contribution in [0.4, 0.5) is 0 Å². The molecule has 0 amide bonds. The highest BCUT2D eigenvalue weighted by atomic mass is 35.5. The summed E-state index contributed by atoms with van der Waals surface area (Å²) in [6.45, 7) is 7.66. The lowest BCUT2D eigenvalue weighted by Gasteiger charge is -2.33. The van der Waals surface area contributed by atoms with Crippen LogP contribution in [0.1, 0.15) is 31.5 Å². The number of nitrogens with one attached hydrogen (secondary N) is 1. The fraction of sp³-hybridized carbons (Fsp3) is 0.846. The Kier molecular flexibility index (Phi) is 5.19. The Morgan fingerprint density at radius 3 is 3.05 bits per heavy atom. The number of halogens is 1. The SMILES string of the molecule is CCCc1noc(CN2CCC3CNCC3C2)n1.Cl. The molecule has 2 fully saturated rings. The van der Waals surface area contributed by atoms with Crippen LogP contribution in [0.5, 0.6) is 0 Å². The molecule has 1 N–H and O–H groups in total. The van der Waals surface area contributed by atoms with Gasteiger partial charge in [0.05, 0.1) is 6.54 Å². The second-order valence-electron chi connectivity index (χ2n) is 5.56. The normalized spacial score (nSPS) is 27.0. The topological polar surface area (TPSA) is 54.2 Å². The predicted octanol–water partition coefficient (Wildman–Crippen LogP) is 1.49. The smallest absolute Gasteiger partial charge is 0.240 e. The molecule has 108 valence electrons. The van der Waals surface area contributed by atoms with E-state index in [1.807, 2.05) is 0 Å². The molecule has 0 bridgehead atoms. The molecule has 2 aliphatic heterocycles. The van der Waals surface area contributed by atoms with Gasteiger partial charge in [-0.1, -0.05) is 12.1 Å². The quantitative estimate of drug-likeness (QED) is 0.909.